The lowest BCUT2D eigenvalue weighted by atomic mass is 9.88. The molecule has 4 nitrogen and oxygen atoms in total. The van der Waals surface area contributed by atoms with Gasteiger partial charge in [-0.2, -0.15) is 11.8 Å². The standard InChI is InChI=1S/C18H27N3OS/c1-13-3-4-15(12-21-5-7-23-8-6-21)9-17(13)20-18(22)14(2)16-10-19-11-16/h3-4,9,14,16,19H,5-8,10-12H2,1-2H3,(H,20,22). The predicted octanol–water partition coefficient (Wildman–Crippen LogP) is 2.34. The van der Waals surface area contributed by atoms with Crippen LogP contribution in [-0.2, 0) is 11.3 Å². The van der Waals surface area contributed by atoms with Crippen LogP contribution in [0.1, 0.15) is 18.1 Å². The summed E-state index contributed by atoms with van der Waals surface area (Å²) in [5.74, 6) is 3.14. The fraction of sp³-hybridized carbons (Fsp3) is 0.611. The quantitative estimate of drug-likeness (QED) is 0.868. The van der Waals surface area contributed by atoms with E-state index in [1.807, 2.05) is 18.7 Å². The lowest BCUT2D eigenvalue weighted by Gasteiger charge is -2.32. The number of rotatable bonds is 5. The summed E-state index contributed by atoms with van der Waals surface area (Å²) >= 11 is 2.03. The Morgan fingerprint density at radius 3 is 2.78 bits per heavy atom. The molecule has 1 atom stereocenters. The molecule has 1 unspecified atom stereocenters. The number of thioether (sulfide) groups is 1. The third-order valence-electron chi connectivity index (χ3n) is 5.00. The molecule has 1 aromatic rings. The van der Waals surface area contributed by atoms with Gasteiger partial charge in [0, 0.05) is 42.7 Å². The van der Waals surface area contributed by atoms with Crippen molar-refractivity contribution in [3.8, 4) is 0 Å². The van der Waals surface area contributed by atoms with Crippen LogP contribution in [0, 0.1) is 18.8 Å². The van der Waals surface area contributed by atoms with Crippen LogP contribution in [0.15, 0.2) is 18.2 Å². The highest BCUT2D eigenvalue weighted by atomic mass is 32.2. The molecule has 0 spiro atoms. The molecule has 2 aliphatic heterocycles. The monoisotopic (exact) mass is 333 g/mol. The zero-order valence-electron chi connectivity index (χ0n) is 14.1. The summed E-state index contributed by atoms with van der Waals surface area (Å²) in [5, 5.41) is 6.39. The Morgan fingerprint density at radius 2 is 2.13 bits per heavy atom. The van der Waals surface area contributed by atoms with Crippen LogP contribution in [0.2, 0.25) is 0 Å². The van der Waals surface area contributed by atoms with E-state index in [0.717, 1.165) is 44.0 Å². The normalized spacial score (nSPS) is 20.8. The maximum absolute atomic E-state index is 12.4. The molecule has 2 saturated heterocycles. The van der Waals surface area contributed by atoms with Crippen molar-refractivity contribution >= 4 is 23.4 Å². The number of nitrogens with one attached hydrogen (secondary N) is 2. The Morgan fingerprint density at radius 1 is 1.39 bits per heavy atom. The minimum atomic E-state index is 0.0680. The number of amides is 1. The molecule has 0 bridgehead atoms. The Labute approximate surface area is 143 Å². The predicted molar refractivity (Wildman–Crippen MR) is 97.9 cm³/mol. The molecule has 1 aromatic carbocycles. The first-order valence-corrected chi connectivity index (χ1v) is 9.70. The zero-order valence-corrected chi connectivity index (χ0v) is 14.9. The number of hydrogen-bond donors (Lipinski definition) is 2. The molecule has 2 N–H and O–H groups in total. The zero-order chi connectivity index (χ0) is 16.2. The average molecular weight is 334 g/mol. The van der Waals surface area contributed by atoms with Crippen LogP contribution < -0.4 is 10.6 Å². The SMILES string of the molecule is Cc1ccc(CN2CCSCC2)cc1NC(=O)C(C)C1CNC1. The van der Waals surface area contributed by atoms with Gasteiger partial charge in [-0.25, -0.2) is 0 Å². The number of hydrogen-bond acceptors (Lipinski definition) is 4. The molecule has 0 radical (unpaired) electrons. The van der Waals surface area contributed by atoms with Crippen LogP contribution in [-0.4, -0.2) is 48.5 Å². The maximum Gasteiger partial charge on any atom is 0.227 e. The van der Waals surface area contributed by atoms with E-state index in [2.05, 4.69) is 40.7 Å². The number of nitrogens with zero attached hydrogens (tertiary/aromatic N) is 1. The highest BCUT2D eigenvalue weighted by molar-refractivity contribution is 7.99. The first-order chi connectivity index (χ1) is 11.1. The number of aryl methyl sites for hydroxylation is 1. The molecular weight excluding hydrogens is 306 g/mol. The van der Waals surface area contributed by atoms with Crippen LogP contribution in [0.3, 0.4) is 0 Å². The van der Waals surface area contributed by atoms with Crippen LogP contribution in [0.25, 0.3) is 0 Å². The number of anilines is 1. The van der Waals surface area contributed by atoms with Crippen molar-refractivity contribution < 1.29 is 4.79 Å². The third-order valence-corrected chi connectivity index (χ3v) is 5.95. The lowest BCUT2D eigenvalue weighted by Crippen LogP contribution is -2.48. The Hall–Kier alpha value is -1.04. The molecule has 3 rings (SSSR count). The Kier molecular flexibility index (Phi) is 5.62. The van der Waals surface area contributed by atoms with Gasteiger partial charge in [-0.05, 0) is 43.1 Å². The van der Waals surface area contributed by atoms with E-state index in [1.165, 1.54) is 17.1 Å². The molecule has 0 aliphatic carbocycles. The molecule has 0 aromatic heterocycles. The molecule has 2 heterocycles. The average Bonchev–Trinajstić information content (AvgIpc) is 2.50. The van der Waals surface area contributed by atoms with Crippen LogP contribution in [0.5, 0.6) is 0 Å². The highest BCUT2D eigenvalue weighted by Crippen LogP contribution is 2.22. The minimum absolute atomic E-state index is 0.0680. The molecule has 1 amide bonds. The first-order valence-electron chi connectivity index (χ1n) is 8.54. The summed E-state index contributed by atoms with van der Waals surface area (Å²) in [6.45, 7) is 9.31. The third kappa shape index (κ3) is 4.28. The van der Waals surface area contributed by atoms with Gasteiger partial charge in [-0.15, -0.1) is 0 Å². The van der Waals surface area contributed by atoms with Gasteiger partial charge in [-0.3, -0.25) is 9.69 Å². The first kappa shape index (κ1) is 16.8. The molecule has 2 fully saturated rings. The van der Waals surface area contributed by atoms with E-state index in [1.54, 1.807) is 0 Å². The van der Waals surface area contributed by atoms with Gasteiger partial charge in [0.25, 0.3) is 0 Å². The van der Waals surface area contributed by atoms with Gasteiger partial charge in [0.2, 0.25) is 5.91 Å². The number of carbonyl (C=O) groups excluding carboxylic acids is 1. The molecule has 23 heavy (non-hydrogen) atoms. The molecule has 2 aliphatic rings. The van der Waals surface area contributed by atoms with Gasteiger partial charge in [0.1, 0.15) is 0 Å². The van der Waals surface area contributed by atoms with E-state index in [0.29, 0.717) is 5.92 Å². The second-order valence-corrected chi connectivity index (χ2v) is 7.96. The van der Waals surface area contributed by atoms with Gasteiger partial charge in [0.05, 0.1) is 0 Å². The fourth-order valence-electron chi connectivity index (χ4n) is 3.04. The van der Waals surface area contributed by atoms with E-state index in [9.17, 15) is 4.79 Å². The van der Waals surface area contributed by atoms with Crippen molar-refractivity contribution in [2.45, 2.75) is 20.4 Å². The van der Waals surface area contributed by atoms with Crippen molar-refractivity contribution in [2.24, 2.45) is 11.8 Å². The van der Waals surface area contributed by atoms with E-state index >= 15 is 0 Å². The second kappa shape index (κ2) is 7.69. The van der Waals surface area contributed by atoms with Crippen molar-refractivity contribution in [1.29, 1.82) is 0 Å². The Bertz CT molecular complexity index is 553. The summed E-state index contributed by atoms with van der Waals surface area (Å²) in [6, 6.07) is 6.46. The second-order valence-electron chi connectivity index (χ2n) is 6.73. The summed E-state index contributed by atoms with van der Waals surface area (Å²) in [7, 11) is 0. The number of benzene rings is 1. The summed E-state index contributed by atoms with van der Waals surface area (Å²) in [5.41, 5.74) is 3.39. The van der Waals surface area contributed by atoms with Crippen LogP contribution in [0.4, 0.5) is 5.69 Å². The Balaban J connectivity index is 1.63. The van der Waals surface area contributed by atoms with Gasteiger partial charge >= 0.3 is 0 Å². The maximum atomic E-state index is 12.4. The van der Waals surface area contributed by atoms with E-state index in [-0.39, 0.29) is 11.8 Å². The summed E-state index contributed by atoms with van der Waals surface area (Å²) in [6.07, 6.45) is 0. The van der Waals surface area contributed by atoms with Crippen molar-refractivity contribution in [3.05, 3.63) is 29.3 Å². The smallest absolute Gasteiger partial charge is 0.227 e. The van der Waals surface area contributed by atoms with Gasteiger partial charge in [0.15, 0.2) is 0 Å². The number of carbonyl (C=O) groups is 1. The highest BCUT2D eigenvalue weighted by Gasteiger charge is 2.28. The summed E-state index contributed by atoms with van der Waals surface area (Å²) in [4.78, 5) is 14.9. The van der Waals surface area contributed by atoms with E-state index < -0.39 is 0 Å². The van der Waals surface area contributed by atoms with Crippen molar-refractivity contribution in [3.63, 3.8) is 0 Å². The minimum Gasteiger partial charge on any atom is -0.326 e. The van der Waals surface area contributed by atoms with Crippen molar-refractivity contribution in [2.75, 3.05) is 43.0 Å². The topological polar surface area (TPSA) is 44.4 Å². The fourth-order valence-corrected chi connectivity index (χ4v) is 4.02. The lowest BCUT2D eigenvalue weighted by molar-refractivity contribution is -0.121. The summed E-state index contributed by atoms with van der Waals surface area (Å²) < 4.78 is 0. The van der Waals surface area contributed by atoms with Crippen molar-refractivity contribution in [1.82, 2.24) is 10.2 Å². The van der Waals surface area contributed by atoms with Gasteiger partial charge in [-0.1, -0.05) is 19.1 Å². The molecule has 0 saturated carbocycles. The van der Waals surface area contributed by atoms with Crippen LogP contribution >= 0.6 is 11.8 Å². The largest absolute Gasteiger partial charge is 0.326 e. The molecular formula is C18H27N3OS. The molecule has 5 heteroatoms. The van der Waals surface area contributed by atoms with Gasteiger partial charge < -0.3 is 10.6 Å². The van der Waals surface area contributed by atoms with E-state index in [4.69, 9.17) is 0 Å². The molecule has 126 valence electrons.